The molecule has 1 N–H and O–H groups in total. The molecule has 0 unspecified atom stereocenters. The van der Waals surface area contributed by atoms with E-state index in [1.54, 1.807) is 4.68 Å². The summed E-state index contributed by atoms with van der Waals surface area (Å²) >= 11 is 0. The molecule has 1 amide bonds. The van der Waals surface area contributed by atoms with Crippen LogP contribution in [0.2, 0.25) is 0 Å². The molecule has 1 aromatic heterocycles. The minimum atomic E-state index is 0.0360. The summed E-state index contributed by atoms with van der Waals surface area (Å²) in [6.45, 7) is 4.51. The van der Waals surface area contributed by atoms with Crippen molar-refractivity contribution in [2.45, 2.75) is 26.8 Å². The summed E-state index contributed by atoms with van der Waals surface area (Å²) in [7, 11) is 1.88. The molecule has 0 aliphatic heterocycles. The Morgan fingerprint density at radius 1 is 1.37 bits per heavy atom. The number of hydrogen-bond acceptors (Lipinski definition) is 2. The third kappa shape index (κ3) is 3.68. The summed E-state index contributed by atoms with van der Waals surface area (Å²) in [6, 6.07) is 8.01. The van der Waals surface area contributed by atoms with Crippen molar-refractivity contribution in [2.24, 2.45) is 7.05 Å². The Morgan fingerprint density at radius 2 is 2.16 bits per heavy atom. The third-order valence-electron chi connectivity index (χ3n) is 3.04. The molecule has 0 aliphatic carbocycles. The van der Waals surface area contributed by atoms with Gasteiger partial charge in [0.25, 0.3) is 0 Å². The monoisotopic (exact) mass is 257 g/mol. The summed E-state index contributed by atoms with van der Waals surface area (Å²) in [5, 5.41) is 7.18. The van der Waals surface area contributed by atoms with Crippen molar-refractivity contribution in [1.29, 1.82) is 0 Å². The Bertz CT molecular complexity index is 587. The molecule has 1 heterocycles. The van der Waals surface area contributed by atoms with Crippen LogP contribution in [0, 0.1) is 13.8 Å². The van der Waals surface area contributed by atoms with E-state index in [1.165, 1.54) is 5.56 Å². The fourth-order valence-corrected chi connectivity index (χ4v) is 2.09. The molecule has 0 atom stereocenters. The number of benzene rings is 1. The Labute approximate surface area is 113 Å². The molecule has 2 rings (SSSR count). The molecule has 0 bridgehead atoms. The number of amides is 1. The van der Waals surface area contributed by atoms with E-state index in [1.807, 2.05) is 51.4 Å². The van der Waals surface area contributed by atoms with Crippen molar-refractivity contribution >= 4 is 5.91 Å². The van der Waals surface area contributed by atoms with Gasteiger partial charge in [-0.2, -0.15) is 5.10 Å². The van der Waals surface area contributed by atoms with Crippen LogP contribution in [0.1, 0.15) is 22.4 Å². The molecule has 0 aliphatic rings. The molecule has 0 saturated heterocycles. The fourth-order valence-electron chi connectivity index (χ4n) is 2.09. The van der Waals surface area contributed by atoms with Gasteiger partial charge in [-0.15, -0.1) is 0 Å². The second-order valence-electron chi connectivity index (χ2n) is 4.86. The van der Waals surface area contributed by atoms with Crippen LogP contribution in [-0.2, 0) is 24.8 Å². The first-order valence-corrected chi connectivity index (χ1v) is 6.36. The largest absolute Gasteiger partial charge is 0.352 e. The number of hydrogen-bond donors (Lipinski definition) is 1. The Kier molecular flexibility index (Phi) is 4.00. The van der Waals surface area contributed by atoms with Gasteiger partial charge in [0.05, 0.1) is 12.1 Å². The first kappa shape index (κ1) is 13.3. The third-order valence-corrected chi connectivity index (χ3v) is 3.04. The van der Waals surface area contributed by atoms with Crippen LogP contribution in [0.5, 0.6) is 0 Å². The maximum Gasteiger partial charge on any atom is 0.224 e. The maximum atomic E-state index is 11.9. The summed E-state index contributed by atoms with van der Waals surface area (Å²) in [6.07, 6.45) is 2.35. The lowest BCUT2D eigenvalue weighted by Gasteiger charge is -2.05. The Balaban J connectivity index is 1.90. The van der Waals surface area contributed by atoms with Gasteiger partial charge < -0.3 is 5.32 Å². The predicted octanol–water partition coefficient (Wildman–Crippen LogP) is 1.90. The maximum absolute atomic E-state index is 11.9. The van der Waals surface area contributed by atoms with Crippen molar-refractivity contribution in [3.05, 3.63) is 52.8 Å². The standard InChI is InChI=1S/C15H19N3O/c1-11-5-4-6-13(7-11)8-15(19)16-9-14-10-18(3)17-12(14)2/h4-7,10H,8-9H2,1-3H3,(H,16,19). The second-order valence-corrected chi connectivity index (χ2v) is 4.86. The van der Waals surface area contributed by atoms with E-state index in [0.717, 1.165) is 16.8 Å². The molecule has 4 nitrogen and oxygen atoms in total. The number of nitrogens with one attached hydrogen (secondary N) is 1. The van der Waals surface area contributed by atoms with Crippen LogP contribution < -0.4 is 5.32 Å². The van der Waals surface area contributed by atoms with Crippen LogP contribution in [0.15, 0.2) is 30.5 Å². The summed E-state index contributed by atoms with van der Waals surface area (Å²) < 4.78 is 1.76. The summed E-state index contributed by atoms with van der Waals surface area (Å²) in [4.78, 5) is 11.9. The zero-order valence-corrected chi connectivity index (χ0v) is 11.6. The number of aromatic nitrogens is 2. The van der Waals surface area contributed by atoms with Gasteiger partial charge >= 0.3 is 0 Å². The highest BCUT2D eigenvalue weighted by atomic mass is 16.1. The summed E-state index contributed by atoms with van der Waals surface area (Å²) in [5.41, 5.74) is 4.23. The minimum Gasteiger partial charge on any atom is -0.352 e. The fraction of sp³-hybridized carbons (Fsp3) is 0.333. The van der Waals surface area contributed by atoms with Crippen LogP contribution in [0.25, 0.3) is 0 Å². The van der Waals surface area contributed by atoms with Crippen molar-refractivity contribution in [1.82, 2.24) is 15.1 Å². The van der Waals surface area contributed by atoms with E-state index in [0.29, 0.717) is 13.0 Å². The smallest absolute Gasteiger partial charge is 0.224 e. The zero-order chi connectivity index (χ0) is 13.8. The van der Waals surface area contributed by atoms with E-state index in [-0.39, 0.29) is 5.91 Å². The highest BCUT2D eigenvalue weighted by molar-refractivity contribution is 5.78. The molecule has 0 radical (unpaired) electrons. The Hall–Kier alpha value is -2.10. The lowest BCUT2D eigenvalue weighted by Crippen LogP contribution is -2.24. The normalized spacial score (nSPS) is 10.5. The number of aryl methyl sites for hydroxylation is 3. The number of nitrogens with zero attached hydrogens (tertiary/aromatic N) is 2. The van der Waals surface area contributed by atoms with Crippen LogP contribution >= 0.6 is 0 Å². The van der Waals surface area contributed by atoms with E-state index in [9.17, 15) is 4.79 Å². The van der Waals surface area contributed by atoms with Gasteiger partial charge in [-0.1, -0.05) is 29.8 Å². The lowest BCUT2D eigenvalue weighted by molar-refractivity contribution is -0.120. The van der Waals surface area contributed by atoms with Gasteiger partial charge in [-0.05, 0) is 19.4 Å². The average molecular weight is 257 g/mol. The van der Waals surface area contributed by atoms with Crippen molar-refractivity contribution in [3.63, 3.8) is 0 Å². The van der Waals surface area contributed by atoms with E-state index >= 15 is 0 Å². The number of rotatable bonds is 4. The highest BCUT2D eigenvalue weighted by Gasteiger charge is 2.06. The van der Waals surface area contributed by atoms with Crippen LogP contribution in [0.3, 0.4) is 0 Å². The molecule has 100 valence electrons. The lowest BCUT2D eigenvalue weighted by atomic mass is 10.1. The molecule has 1 aromatic carbocycles. The molecule has 2 aromatic rings. The first-order chi connectivity index (χ1) is 9.04. The van der Waals surface area contributed by atoms with Crippen LogP contribution in [-0.4, -0.2) is 15.7 Å². The van der Waals surface area contributed by atoms with Gasteiger partial charge in [0.1, 0.15) is 0 Å². The molecular formula is C15H19N3O. The topological polar surface area (TPSA) is 46.9 Å². The van der Waals surface area contributed by atoms with Crippen LogP contribution in [0.4, 0.5) is 0 Å². The SMILES string of the molecule is Cc1cccc(CC(=O)NCc2cn(C)nc2C)c1. The summed E-state index contributed by atoms with van der Waals surface area (Å²) in [5.74, 6) is 0.0360. The molecule has 0 fully saturated rings. The van der Waals surface area contributed by atoms with E-state index < -0.39 is 0 Å². The van der Waals surface area contributed by atoms with Gasteiger partial charge in [0, 0.05) is 25.4 Å². The molecule has 4 heteroatoms. The van der Waals surface area contributed by atoms with Crippen molar-refractivity contribution < 1.29 is 4.79 Å². The zero-order valence-electron chi connectivity index (χ0n) is 11.6. The number of carbonyl (C=O) groups is 1. The molecule has 19 heavy (non-hydrogen) atoms. The van der Waals surface area contributed by atoms with E-state index in [4.69, 9.17) is 0 Å². The van der Waals surface area contributed by atoms with Gasteiger partial charge in [-0.3, -0.25) is 9.48 Å². The second kappa shape index (κ2) is 5.69. The quantitative estimate of drug-likeness (QED) is 0.909. The number of carbonyl (C=O) groups excluding carboxylic acids is 1. The first-order valence-electron chi connectivity index (χ1n) is 6.36. The minimum absolute atomic E-state index is 0.0360. The highest BCUT2D eigenvalue weighted by Crippen LogP contribution is 2.06. The van der Waals surface area contributed by atoms with Gasteiger partial charge in [0.15, 0.2) is 0 Å². The van der Waals surface area contributed by atoms with Gasteiger partial charge in [0.2, 0.25) is 5.91 Å². The molecule has 0 saturated carbocycles. The van der Waals surface area contributed by atoms with E-state index in [2.05, 4.69) is 10.4 Å². The van der Waals surface area contributed by atoms with Crippen molar-refractivity contribution in [2.75, 3.05) is 0 Å². The van der Waals surface area contributed by atoms with Crippen molar-refractivity contribution in [3.8, 4) is 0 Å². The molecular weight excluding hydrogens is 238 g/mol. The average Bonchev–Trinajstić information content (AvgIpc) is 2.65. The predicted molar refractivity (Wildman–Crippen MR) is 74.7 cm³/mol. The Morgan fingerprint density at radius 3 is 2.79 bits per heavy atom. The van der Waals surface area contributed by atoms with Gasteiger partial charge in [-0.25, -0.2) is 0 Å². The molecule has 0 spiro atoms.